The van der Waals surface area contributed by atoms with E-state index in [-0.39, 0.29) is 6.61 Å². The molecule has 0 amide bonds. The number of hydrogen-bond acceptors (Lipinski definition) is 5. The number of fused-ring (bicyclic) bond motifs is 1. The summed E-state index contributed by atoms with van der Waals surface area (Å²) in [6.07, 6.45) is 3.47. The lowest BCUT2D eigenvalue weighted by atomic mass is 9.94. The predicted molar refractivity (Wildman–Crippen MR) is 114 cm³/mol. The SMILES string of the molecule is CCOC(=O)C1=C(C)N(c2cccc(CF)c2)c2nccn2C1c1ccc(C#N)cc1. The van der Waals surface area contributed by atoms with E-state index in [1.807, 2.05) is 34.6 Å². The van der Waals surface area contributed by atoms with Gasteiger partial charge in [-0.05, 0) is 49.2 Å². The van der Waals surface area contributed by atoms with Crippen LogP contribution in [0.15, 0.2) is 72.2 Å². The number of halogens is 1. The summed E-state index contributed by atoms with van der Waals surface area (Å²) in [4.78, 5) is 19.5. The molecule has 0 N–H and O–H groups in total. The van der Waals surface area contributed by atoms with E-state index in [2.05, 4.69) is 11.1 Å². The Morgan fingerprint density at radius 1 is 1.26 bits per heavy atom. The molecule has 1 aromatic heterocycles. The summed E-state index contributed by atoms with van der Waals surface area (Å²) in [5.74, 6) is 0.177. The smallest absolute Gasteiger partial charge is 0.338 e. The molecule has 31 heavy (non-hydrogen) atoms. The van der Waals surface area contributed by atoms with E-state index in [9.17, 15) is 9.18 Å². The standard InChI is InChI=1S/C24H21FN4O2/c1-3-31-23(30)21-16(2)29(20-6-4-5-18(13-20)14-25)24-27-11-12-28(24)22(21)19-9-7-17(15-26)8-10-19/h4-13,22H,3,14H2,1-2H3. The second-order valence-corrected chi connectivity index (χ2v) is 7.13. The fourth-order valence-corrected chi connectivity index (χ4v) is 3.91. The van der Waals surface area contributed by atoms with Crippen LogP contribution in [0.2, 0.25) is 0 Å². The lowest BCUT2D eigenvalue weighted by Gasteiger charge is -2.36. The van der Waals surface area contributed by atoms with E-state index in [1.54, 1.807) is 49.6 Å². The second-order valence-electron chi connectivity index (χ2n) is 7.13. The molecule has 1 aliphatic heterocycles. The molecule has 0 bridgehead atoms. The van der Waals surface area contributed by atoms with E-state index >= 15 is 0 Å². The van der Waals surface area contributed by atoms with Gasteiger partial charge in [0.05, 0.1) is 29.9 Å². The number of nitriles is 1. The number of nitrogens with zero attached hydrogens (tertiary/aromatic N) is 4. The minimum absolute atomic E-state index is 0.240. The number of aromatic nitrogens is 2. The van der Waals surface area contributed by atoms with Crippen LogP contribution in [0.25, 0.3) is 0 Å². The van der Waals surface area contributed by atoms with Gasteiger partial charge in [-0.3, -0.25) is 4.90 Å². The lowest BCUT2D eigenvalue weighted by molar-refractivity contribution is -0.139. The average molecular weight is 416 g/mol. The molecule has 0 spiro atoms. The molecule has 0 saturated heterocycles. The number of alkyl halides is 1. The van der Waals surface area contributed by atoms with Crippen LogP contribution in [-0.4, -0.2) is 22.1 Å². The molecule has 1 unspecified atom stereocenters. The van der Waals surface area contributed by atoms with Gasteiger partial charge in [-0.1, -0.05) is 24.3 Å². The number of imidazole rings is 1. The van der Waals surface area contributed by atoms with Gasteiger partial charge in [-0.15, -0.1) is 0 Å². The van der Waals surface area contributed by atoms with Gasteiger partial charge in [0.2, 0.25) is 5.95 Å². The van der Waals surface area contributed by atoms with Crippen LogP contribution >= 0.6 is 0 Å². The highest BCUT2D eigenvalue weighted by Crippen LogP contribution is 2.42. The number of ether oxygens (including phenoxy) is 1. The Bertz CT molecular complexity index is 1190. The molecule has 0 radical (unpaired) electrons. The van der Waals surface area contributed by atoms with Crippen molar-refractivity contribution in [2.24, 2.45) is 0 Å². The van der Waals surface area contributed by atoms with Crippen LogP contribution in [0.3, 0.4) is 0 Å². The zero-order valence-corrected chi connectivity index (χ0v) is 17.2. The molecule has 0 fully saturated rings. The van der Waals surface area contributed by atoms with E-state index in [0.717, 1.165) is 5.56 Å². The number of anilines is 2. The third kappa shape index (κ3) is 3.57. The number of rotatable bonds is 5. The van der Waals surface area contributed by atoms with E-state index in [0.29, 0.717) is 34.0 Å². The van der Waals surface area contributed by atoms with Crippen molar-refractivity contribution >= 4 is 17.6 Å². The lowest BCUT2D eigenvalue weighted by Crippen LogP contribution is -2.33. The molecule has 1 aliphatic rings. The number of carbonyl (C=O) groups excluding carboxylic acids is 1. The van der Waals surface area contributed by atoms with E-state index in [4.69, 9.17) is 10.00 Å². The van der Waals surface area contributed by atoms with Gasteiger partial charge in [-0.25, -0.2) is 14.2 Å². The number of allylic oxidation sites excluding steroid dienone is 1. The van der Waals surface area contributed by atoms with Crippen LogP contribution in [0, 0.1) is 11.3 Å². The molecule has 1 atom stereocenters. The maximum atomic E-state index is 13.3. The Kier molecular flexibility index (Phi) is 5.54. The van der Waals surface area contributed by atoms with Crippen molar-refractivity contribution in [1.29, 1.82) is 5.26 Å². The van der Waals surface area contributed by atoms with Gasteiger partial charge in [-0.2, -0.15) is 5.26 Å². The van der Waals surface area contributed by atoms with Crippen LogP contribution in [-0.2, 0) is 16.2 Å². The van der Waals surface area contributed by atoms with Crippen molar-refractivity contribution in [2.45, 2.75) is 26.6 Å². The molecule has 4 rings (SSSR count). The van der Waals surface area contributed by atoms with Crippen molar-refractivity contribution in [3.63, 3.8) is 0 Å². The van der Waals surface area contributed by atoms with Crippen LogP contribution in [0.5, 0.6) is 0 Å². The second kappa shape index (κ2) is 8.44. The van der Waals surface area contributed by atoms with Crippen LogP contribution in [0.4, 0.5) is 16.0 Å². The topological polar surface area (TPSA) is 71.2 Å². The summed E-state index contributed by atoms with van der Waals surface area (Å²) in [5.41, 5.74) is 3.73. The first-order valence-electron chi connectivity index (χ1n) is 9.94. The highest BCUT2D eigenvalue weighted by molar-refractivity contribution is 5.93. The van der Waals surface area contributed by atoms with Gasteiger partial charge in [0.15, 0.2) is 0 Å². The van der Waals surface area contributed by atoms with Gasteiger partial charge in [0.25, 0.3) is 0 Å². The Hall–Kier alpha value is -3.92. The summed E-state index contributed by atoms with van der Waals surface area (Å²) in [6, 6.07) is 15.8. The van der Waals surface area contributed by atoms with Gasteiger partial charge >= 0.3 is 5.97 Å². The third-order valence-electron chi connectivity index (χ3n) is 5.30. The number of hydrogen-bond donors (Lipinski definition) is 0. The third-order valence-corrected chi connectivity index (χ3v) is 5.30. The first-order valence-corrected chi connectivity index (χ1v) is 9.94. The maximum Gasteiger partial charge on any atom is 0.338 e. The fourth-order valence-electron chi connectivity index (χ4n) is 3.91. The molecule has 6 nitrogen and oxygen atoms in total. The molecule has 0 saturated carbocycles. The summed E-state index contributed by atoms with van der Waals surface area (Å²) in [7, 11) is 0. The Labute approximate surface area is 179 Å². The normalized spacial score (nSPS) is 15.4. The summed E-state index contributed by atoms with van der Waals surface area (Å²) in [6.45, 7) is 3.25. The van der Waals surface area contributed by atoms with Crippen molar-refractivity contribution in [1.82, 2.24) is 9.55 Å². The molecule has 7 heteroatoms. The monoisotopic (exact) mass is 416 g/mol. The van der Waals surface area contributed by atoms with Crippen LogP contribution in [0.1, 0.15) is 36.6 Å². The maximum absolute atomic E-state index is 13.3. The summed E-state index contributed by atoms with van der Waals surface area (Å²) < 4.78 is 20.6. The van der Waals surface area contributed by atoms with Crippen LogP contribution < -0.4 is 4.90 Å². The minimum Gasteiger partial charge on any atom is -0.463 e. The Morgan fingerprint density at radius 3 is 2.71 bits per heavy atom. The Morgan fingerprint density at radius 2 is 2.03 bits per heavy atom. The molecule has 0 aliphatic carbocycles. The fraction of sp³-hybridized carbons (Fsp3) is 0.208. The quantitative estimate of drug-likeness (QED) is 0.559. The van der Waals surface area contributed by atoms with Crippen molar-refractivity contribution in [2.75, 3.05) is 11.5 Å². The molecule has 3 aromatic rings. The van der Waals surface area contributed by atoms with Crippen molar-refractivity contribution in [3.05, 3.63) is 88.9 Å². The van der Waals surface area contributed by atoms with Crippen molar-refractivity contribution in [3.8, 4) is 6.07 Å². The zero-order valence-electron chi connectivity index (χ0n) is 17.2. The number of esters is 1. The molecule has 156 valence electrons. The average Bonchev–Trinajstić information content (AvgIpc) is 3.27. The highest BCUT2D eigenvalue weighted by atomic mass is 19.1. The minimum atomic E-state index is -0.586. The number of benzene rings is 2. The molecule has 2 heterocycles. The summed E-state index contributed by atoms with van der Waals surface area (Å²) in [5, 5.41) is 9.14. The van der Waals surface area contributed by atoms with E-state index in [1.165, 1.54) is 0 Å². The van der Waals surface area contributed by atoms with Gasteiger partial charge < -0.3 is 9.30 Å². The summed E-state index contributed by atoms with van der Waals surface area (Å²) >= 11 is 0. The molecular formula is C24H21FN4O2. The van der Waals surface area contributed by atoms with Crippen molar-refractivity contribution < 1.29 is 13.9 Å². The molecular weight excluding hydrogens is 395 g/mol. The predicted octanol–water partition coefficient (Wildman–Crippen LogP) is 4.80. The van der Waals surface area contributed by atoms with E-state index < -0.39 is 18.7 Å². The van der Waals surface area contributed by atoms with Gasteiger partial charge in [0, 0.05) is 23.8 Å². The zero-order chi connectivity index (χ0) is 22.0. The first kappa shape index (κ1) is 20.4. The highest BCUT2D eigenvalue weighted by Gasteiger charge is 2.37. The van der Waals surface area contributed by atoms with Gasteiger partial charge in [0.1, 0.15) is 6.67 Å². The first-order chi connectivity index (χ1) is 15.1. The largest absolute Gasteiger partial charge is 0.463 e. The molecule has 2 aromatic carbocycles. The number of carbonyl (C=O) groups is 1. The Balaban J connectivity index is 1.93.